The minimum atomic E-state index is 0.450. The SMILES string of the molecule is CC1CC(C)CN(Cc2ccccc2CN=C(N)Nc2ccccc2)C1. The maximum absolute atomic E-state index is 6.05. The summed E-state index contributed by atoms with van der Waals surface area (Å²) in [5.74, 6) is 2.00. The van der Waals surface area contributed by atoms with Gasteiger partial charge in [0, 0.05) is 25.3 Å². The van der Waals surface area contributed by atoms with E-state index in [0.29, 0.717) is 12.5 Å². The first kappa shape index (κ1) is 18.5. The number of hydrogen-bond donors (Lipinski definition) is 2. The van der Waals surface area contributed by atoms with Crippen molar-refractivity contribution in [1.82, 2.24) is 4.90 Å². The number of benzene rings is 2. The molecule has 0 bridgehead atoms. The number of nitrogens with zero attached hydrogens (tertiary/aromatic N) is 2. The summed E-state index contributed by atoms with van der Waals surface area (Å²) in [5.41, 5.74) is 9.61. The first-order valence-electron chi connectivity index (χ1n) is 9.51. The zero-order valence-corrected chi connectivity index (χ0v) is 15.9. The summed E-state index contributed by atoms with van der Waals surface area (Å²) < 4.78 is 0. The summed E-state index contributed by atoms with van der Waals surface area (Å²) in [7, 11) is 0. The Kier molecular flexibility index (Phi) is 6.29. The lowest BCUT2D eigenvalue weighted by Crippen LogP contribution is -2.38. The predicted octanol–water partition coefficient (Wildman–Crippen LogP) is 4.09. The van der Waals surface area contributed by atoms with Crippen molar-refractivity contribution in [2.45, 2.75) is 33.4 Å². The fourth-order valence-corrected chi connectivity index (χ4v) is 3.91. The van der Waals surface area contributed by atoms with E-state index in [9.17, 15) is 0 Å². The van der Waals surface area contributed by atoms with Gasteiger partial charge in [-0.3, -0.25) is 4.90 Å². The van der Waals surface area contributed by atoms with Crippen LogP contribution in [0, 0.1) is 11.8 Å². The lowest BCUT2D eigenvalue weighted by atomic mass is 9.91. The largest absolute Gasteiger partial charge is 0.370 e. The highest BCUT2D eigenvalue weighted by Crippen LogP contribution is 2.23. The zero-order chi connectivity index (χ0) is 18.4. The Balaban J connectivity index is 1.64. The normalized spacial score (nSPS) is 21.5. The smallest absolute Gasteiger partial charge is 0.193 e. The zero-order valence-electron chi connectivity index (χ0n) is 15.9. The highest BCUT2D eigenvalue weighted by atomic mass is 15.1. The van der Waals surface area contributed by atoms with Gasteiger partial charge in [0.15, 0.2) is 5.96 Å². The lowest BCUT2D eigenvalue weighted by Gasteiger charge is -2.35. The van der Waals surface area contributed by atoms with E-state index in [2.05, 4.69) is 53.3 Å². The second-order valence-corrected chi connectivity index (χ2v) is 7.60. The molecule has 1 saturated heterocycles. The van der Waals surface area contributed by atoms with Crippen LogP contribution in [0.4, 0.5) is 5.69 Å². The van der Waals surface area contributed by atoms with E-state index in [1.54, 1.807) is 0 Å². The Morgan fingerprint density at radius 1 is 1.00 bits per heavy atom. The molecule has 2 unspecified atom stereocenters. The van der Waals surface area contributed by atoms with Gasteiger partial charge < -0.3 is 11.1 Å². The standard InChI is InChI=1S/C22H30N4/c1-17-12-18(2)15-26(14-17)16-20-9-7-6-8-19(20)13-24-22(23)25-21-10-4-3-5-11-21/h3-11,17-18H,12-16H2,1-2H3,(H3,23,24,25). The molecule has 2 aromatic rings. The van der Waals surface area contributed by atoms with Gasteiger partial charge in [-0.15, -0.1) is 0 Å². The molecule has 1 fully saturated rings. The topological polar surface area (TPSA) is 53.6 Å². The van der Waals surface area contributed by atoms with Gasteiger partial charge >= 0.3 is 0 Å². The molecular weight excluding hydrogens is 320 g/mol. The van der Waals surface area contributed by atoms with Gasteiger partial charge in [-0.25, -0.2) is 4.99 Å². The molecule has 0 radical (unpaired) electrons. The molecule has 2 aromatic carbocycles. The lowest BCUT2D eigenvalue weighted by molar-refractivity contribution is 0.134. The summed E-state index contributed by atoms with van der Waals surface area (Å²) in [6.07, 6.45) is 1.34. The predicted molar refractivity (Wildman–Crippen MR) is 110 cm³/mol. The third kappa shape index (κ3) is 5.33. The maximum Gasteiger partial charge on any atom is 0.193 e. The van der Waals surface area contributed by atoms with Gasteiger partial charge in [0.05, 0.1) is 6.54 Å². The van der Waals surface area contributed by atoms with Crippen LogP contribution in [0.15, 0.2) is 59.6 Å². The number of likely N-dealkylation sites (tertiary alicyclic amines) is 1. The fraction of sp³-hybridized carbons (Fsp3) is 0.409. The summed E-state index contributed by atoms with van der Waals surface area (Å²) in [4.78, 5) is 7.11. The van der Waals surface area contributed by atoms with Crippen LogP contribution in [0.25, 0.3) is 0 Å². The summed E-state index contributed by atoms with van der Waals surface area (Å²) >= 11 is 0. The Morgan fingerprint density at radius 2 is 1.62 bits per heavy atom. The van der Waals surface area contributed by atoms with E-state index >= 15 is 0 Å². The molecule has 0 saturated carbocycles. The number of hydrogen-bond acceptors (Lipinski definition) is 2. The number of piperidine rings is 1. The van der Waals surface area contributed by atoms with Crippen molar-refractivity contribution in [3.8, 4) is 0 Å². The highest BCUT2D eigenvalue weighted by Gasteiger charge is 2.22. The number of nitrogens with two attached hydrogens (primary N) is 1. The van der Waals surface area contributed by atoms with Crippen LogP contribution in [0.2, 0.25) is 0 Å². The van der Waals surface area contributed by atoms with E-state index in [1.165, 1.54) is 30.6 Å². The van der Waals surface area contributed by atoms with Crippen LogP contribution < -0.4 is 11.1 Å². The fourth-order valence-electron chi connectivity index (χ4n) is 3.91. The van der Waals surface area contributed by atoms with Crippen molar-refractivity contribution >= 4 is 11.6 Å². The van der Waals surface area contributed by atoms with Gasteiger partial charge in [-0.05, 0) is 41.5 Å². The molecule has 4 heteroatoms. The first-order valence-corrected chi connectivity index (χ1v) is 9.51. The Labute approximate surface area is 157 Å². The molecule has 1 heterocycles. The summed E-state index contributed by atoms with van der Waals surface area (Å²) in [6, 6.07) is 18.5. The molecule has 2 atom stereocenters. The molecule has 0 aliphatic carbocycles. The average molecular weight is 351 g/mol. The van der Waals surface area contributed by atoms with E-state index < -0.39 is 0 Å². The second-order valence-electron chi connectivity index (χ2n) is 7.60. The van der Waals surface area contributed by atoms with Crippen molar-refractivity contribution in [1.29, 1.82) is 0 Å². The maximum atomic E-state index is 6.05. The molecule has 26 heavy (non-hydrogen) atoms. The monoisotopic (exact) mass is 350 g/mol. The molecule has 0 aromatic heterocycles. The van der Waals surface area contributed by atoms with E-state index in [4.69, 9.17) is 5.73 Å². The van der Waals surface area contributed by atoms with E-state index in [1.807, 2.05) is 30.3 Å². The van der Waals surface area contributed by atoms with E-state index in [-0.39, 0.29) is 0 Å². The van der Waals surface area contributed by atoms with Gasteiger partial charge in [-0.2, -0.15) is 0 Å². The van der Waals surface area contributed by atoms with Crippen molar-refractivity contribution in [2.75, 3.05) is 18.4 Å². The third-order valence-corrected chi connectivity index (χ3v) is 4.92. The van der Waals surface area contributed by atoms with Gasteiger partial charge in [0.1, 0.15) is 0 Å². The van der Waals surface area contributed by atoms with Crippen molar-refractivity contribution < 1.29 is 0 Å². The Morgan fingerprint density at radius 3 is 2.31 bits per heavy atom. The van der Waals surface area contributed by atoms with Crippen LogP contribution >= 0.6 is 0 Å². The van der Waals surface area contributed by atoms with Crippen LogP contribution in [0.3, 0.4) is 0 Å². The average Bonchev–Trinajstić information content (AvgIpc) is 2.61. The van der Waals surface area contributed by atoms with Crippen LogP contribution in [0.1, 0.15) is 31.4 Å². The molecule has 1 aliphatic rings. The Hall–Kier alpha value is -2.33. The highest BCUT2D eigenvalue weighted by molar-refractivity contribution is 5.92. The number of rotatable bonds is 5. The van der Waals surface area contributed by atoms with E-state index in [0.717, 1.165) is 24.1 Å². The van der Waals surface area contributed by atoms with Crippen LogP contribution in [-0.4, -0.2) is 23.9 Å². The van der Waals surface area contributed by atoms with Crippen molar-refractivity contribution in [2.24, 2.45) is 22.6 Å². The molecule has 4 nitrogen and oxygen atoms in total. The summed E-state index contributed by atoms with van der Waals surface area (Å²) in [6.45, 7) is 8.66. The molecule has 3 N–H and O–H groups in total. The summed E-state index contributed by atoms with van der Waals surface area (Å²) in [5, 5.41) is 3.14. The van der Waals surface area contributed by atoms with Gasteiger partial charge in [-0.1, -0.05) is 56.3 Å². The Bertz CT molecular complexity index is 716. The first-order chi connectivity index (χ1) is 12.6. The number of anilines is 1. The number of guanidine groups is 1. The molecule has 0 spiro atoms. The number of nitrogens with one attached hydrogen (secondary N) is 1. The molecule has 1 aliphatic heterocycles. The van der Waals surface area contributed by atoms with Gasteiger partial charge in [0.2, 0.25) is 0 Å². The molecule has 0 amide bonds. The molecule has 138 valence electrons. The minimum Gasteiger partial charge on any atom is -0.370 e. The number of para-hydroxylation sites is 1. The second kappa shape index (κ2) is 8.86. The number of aliphatic imine (C=N–C) groups is 1. The van der Waals surface area contributed by atoms with Crippen molar-refractivity contribution in [3.05, 3.63) is 65.7 Å². The van der Waals surface area contributed by atoms with Gasteiger partial charge in [0.25, 0.3) is 0 Å². The molecular formula is C22H30N4. The third-order valence-electron chi connectivity index (χ3n) is 4.92. The quantitative estimate of drug-likeness (QED) is 0.631. The van der Waals surface area contributed by atoms with Crippen LogP contribution in [-0.2, 0) is 13.1 Å². The molecule has 3 rings (SSSR count). The minimum absolute atomic E-state index is 0.450. The van der Waals surface area contributed by atoms with Crippen LogP contribution in [0.5, 0.6) is 0 Å². The van der Waals surface area contributed by atoms with Crippen molar-refractivity contribution in [3.63, 3.8) is 0 Å².